The predicted molar refractivity (Wildman–Crippen MR) is 124 cm³/mol. The van der Waals surface area contributed by atoms with Crippen molar-refractivity contribution in [2.24, 2.45) is 0 Å². The molecular formula is C24H26ClF3N3O4+. The van der Waals surface area contributed by atoms with Gasteiger partial charge in [0.15, 0.2) is 0 Å². The Balaban J connectivity index is 1.71. The third-order valence-electron chi connectivity index (χ3n) is 5.15. The molecule has 35 heavy (non-hydrogen) atoms. The lowest BCUT2D eigenvalue weighted by Crippen LogP contribution is -2.35. The third-order valence-corrected chi connectivity index (χ3v) is 5.39. The molecule has 0 bridgehead atoms. The van der Waals surface area contributed by atoms with E-state index in [4.69, 9.17) is 20.8 Å². The lowest BCUT2D eigenvalue weighted by Gasteiger charge is -2.23. The average Bonchev–Trinajstić information content (AvgIpc) is 3.12. The molecule has 0 unspecified atom stereocenters. The van der Waals surface area contributed by atoms with Crippen molar-refractivity contribution in [2.45, 2.75) is 32.2 Å². The maximum absolute atomic E-state index is 12.8. The first kappa shape index (κ1) is 26.5. The summed E-state index contributed by atoms with van der Waals surface area (Å²) in [7, 11) is 6.13. The molecule has 0 atom stereocenters. The molecule has 0 fully saturated rings. The SMILES string of the molecule is C[N+](C)(C)CCCC(=O)OCc1ccc(Cl)cc1Cn1nc(-c2ccc(C(F)(F)F)cc2)oc1=O. The average molecular weight is 513 g/mol. The summed E-state index contributed by atoms with van der Waals surface area (Å²) in [6.07, 6.45) is -3.49. The van der Waals surface area contributed by atoms with Crippen molar-refractivity contribution in [3.8, 4) is 11.5 Å². The maximum atomic E-state index is 12.8. The van der Waals surface area contributed by atoms with Gasteiger partial charge in [-0.2, -0.15) is 17.9 Å². The van der Waals surface area contributed by atoms with Crippen molar-refractivity contribution < 1.29 is 31.6 Å². The number of carbonyl (C=O) groups is 1. The van der Waals surface area contributed by atoms with Gasteiger partial charge in [-0.05, 0) is 47.5 Å². The van der Waals surface area contributed by atoms with E-state index in [1.807, 2.05) is 21.1 Å². The van der Waals surface area contributed by atoms with Crippen LogP contribution in [0.2, 0.25) is 5.02 Å². The van der Waals surface area contributed by atoms with Crippen molar-refractivity contribution in [3.63, 3.8) is 0 Å². The number of ether oxygens (including phenoxy) is 1. The normalized spacial score (nSPS) is 12.1. The smallest absolute Gasteiger partial charge is 0.437 e. The second-order valence-electron chi connectivity index (χ2n) is 9.10. The van der Waals surface area contributed by atoms with E-state index in [0.717, 1.165) is 27.8 Å². The molecule has 0 aliphatic heterocycles. The second kappa shape index (κ2) is 10.7. The highest BCUT2D eigenvalue weighted by Gasteiger charge is 2.30. The first-order valence-electron chi connectivity index (χ1n) is 10.8. The quantitative estimate of drug-likeness (QED) is 0.305. The van der Waals surface area contributed by atoms with Crippen LogP contribution in [0.1, 0.15) is 29.5 Å². The first-order chi connectivity index (χ1) is 16.3. The summed E-state index contributed by atoms with van der Waals surface area (Å²) in [4.78, 5) is 24.5. The Morgan fingerprint density at radius 1 is 1.11 bits per heavy atom. The van der Waals surface area contributed by atoms with Crippen LogP contribution in [0.3, 0.4) is 0 Å². The molecule has 188 valence electrons. The number of alkyl halides is 3. The van der Waals surface area contributed by atoms with E-state index in [1.54, 1.807) is 18.2 Å². The molecule has 0 N–H and O–H groups in total. The number of rotatable bonds is 9. The van der Waals surface area contributed by atoms with E-state index in [-0.39, 0.29) is 37.0 Å². The van der Waals surface area contributed by atoms with Crippen molar-refractivity contribution in [1.82, 2.24) is 9.78 Å². The molecule has 0 saturated carbocycles. The standard InChI is InChI=1S/C24H26ClF3N3O4/c1-31(2,3)12-4-5-21(32)34-15-17-8-11-20(25)13-18(17)14-30-23(33)35-22(29-30)16-6-9-19(10-7-16)24(26,27)28/h6-11,13H,4-5,12,14-15H2,1-3H3/q+1. The number of quaternary nitrogens is 1. The highest BCUT2D eigenvalue weighted by Crippen LogP contribution is 2.30. The minimum Gasteiger partial charge on any atom is -0.461 e. The van der Waals surface area contributed by atoms with Gasteiger partial charge < -0.3 is 13.6 Å². The van der Waals surface area contributed by atoms with Gasteiger partial charge in [0.2, 0.25) is 5.89 Å². The van der Waals surface area contributed by atoms with Crippen LogP contribution in [-0.2, 0) is 28.9 Å². The zero-order valence-electron chi connectivity index (χ0n) is 19.6. The van der Waals surface area contributed by atoms with E-state index in [1.165, 1.54) is 12.1 Å². The Labute approximate surface area is 205 Å². The molecule has 0 radical (unpaired) electrons. The number of halogens is 4. The monoisotopic (exact) mass is 512 g/mol. The highest BCUT2D eigenvalue weighted by atomic mass is 35.5. The van der Waals surface area contributed by atoms with Crippen molar-refractivity contribution in [2.75, 3.05) is 27.7 Å². The fourth-order valence-corrected chi connectivity index (χ4v) is 3.49. The minimum absolute atomic E-state index is 0.00588. The number of hydrogen-bond acceptors (Lipinski definition) is 5. The Hall–Kier alpha value is -3.11. The van der Waals surface area contributed by atoms with Crippen molar-refractivity contribution in [3.05, 3.63) is 74.7 Å². The number of benzene rings is 2. The summed E-state index contributed by atoms with van der Waals surface area (Å²) in [6, 6.07) is 9.10. The van der Waals surface area contributed by atoms with Crippen LogP contribution in [0.5, 0.6) is 0 Å². The van der Waals surface area contributed by atoms with Gasteiger partial charge in [0.25, 0.3) is 0 Å². The lowest BCUT2D eigenvalue weighted by atomic mass is 10.1. The molecule has 0 aliphatic rings. The van der Waals surface area contributed by atoms with Crippen LogP contribution in [0.4, 0.5) is 13.2 Å². The molecular weight excluding hydrogens is 487 g/mol. The van der Waals surface area contributed by atoms with E-state index < -0.39 is 17.5 Å². The number of aromatic nitrogens is 2. The number of esters is 1. The molecule has 3 aromatic rings. The molecule has 0 spiro atoms. The Bertz CT molecular complexity index is 1230. The van der Waals surface area contributed by atoms with Gasteiger partial charge in [-0.15, -0.1) is 5.10 Å². The maximum Gasteiger partial charge on any atom is 0.437 e. The second-order valence-corrected chi connectivity index (χ2v) is 9.53. The van der Waals surface area contributed by atoms with Crippen LogP contribution in [-0.4, -0.2) is 47.9 Å². The molecule has 3 rings (SSSR count). The summed E-state index contributed by atoms with van der Waals surface area (Å²) in [6.45, 7) is 0.795. The zero-order valence-corrected chi connectivity index (χ0v) is 20.3. The number of hydrogen-bond donors (Lipinski definition) is 0. The first-order valence-corrected chi connectivity index (χ1v) is 11.2. The largest absolute Gasteiger partial charge is 0.461 e. The van der Waals surface area contributed by atoms with Crippen LogP contribution in [0.25, 0.3) is 11.5 Å². The summed E-state index contributed by atoms with van der Waals surface area (Å²) < 4.78 is 50.7. The van der Waals surface area contributed by atoms with E-state index in [0.29, 0.717) is 22.6 Å². The number of carbonyl (C=O) groups excluding carboxylic acids is 1. The van der Waals surface area contributed by atoms with Crippen LogP contribution < -0.4 is 5.76 Å². The molecule has 0 amide bonds. The topological polar surface area (TPSA) is 74.3 Å². The summed E-state index contributed by atoms with van der Waals surface area (Å²) in [5, 5.41) is 4.51. The highest BCUT2D eigenvalue weighted by molar-refractivity contribution is 6.30. The van der Waals surface area contributed by atoms with E-state index in [2.05, 4.69) is 5.10 Å². The van der Waals surface area contributed by atoms with Crippen LogP contribution in [0.15, 0.2) is 51.7 Å². The van der Waals surface area contributed by atoms with Gasteiger partial charge in [0.05, 0.1) is 46.2 Å². The minimum atomic E-state index is -4.48. The summed E-state index contributed by atoms with van der Waals surface area (Å²) >= 11 is 6.12. The zero-order chi connectivity index (χ0) is 25.8. The van der Waals surface area contributed by atoms with E-state index >= 15 is 0 Å². The molecule has 11 heteroatoms. The van der Waals surface area contributed by atoms with Gasteiger partial charge in [-0.3, -0.25) is 4.79 Å². The van der Waals surface area contributed by atoms with Gasteiger partial charge in [0, 0.05) is 17.0 Å². The third kappa shape index (κ3) is 7.69. The fourth-order valence-electron chi connectivity index (χ4n) is 3.30. The lowest BCUT2D eigenvalue weighted by molar-refractivity contribution is -0.870. The Morgan fingerprint density at radius 2 is 1.80 bits per heavy atom. The Morgan fingerprint density at radius 3 is 2.43 bits per heavy atom. The number of nitrogens with zero attached hydrogens (tertiary/aromatic N) is 3. The molecule has 2 aromatic carbocycles. The predicted octanol–water partition coefficient (Wildman–Crippen LogP) is 4.75. The molecule has 0 aliphatic carbocycles. The summed E-state index contributed by atoms with van der Waals surface area (Å²) in [5.41, 5.74) is 0.632. The van der Waals surface area contributed by atoms with Gasteiger partial charge >= 0.3 is 17.9 Å². The molecule has 1 heterocycles. The van der Waals surface area contributed by atoms with Crippen LogP contribution >= 0.6 is 11.6 Å². The van der Waals surface area contributed by atoms with Gasteiger partial charge in [-0.25, -0.2) is 4.79 Å². The summed E-state index contributed by atoms with van der Waals surface area (Å²) in [5.74, 6) is -1.23. The van der Waals surface area contributed by atoms with Crippen LogP contribution in [0, 0.1) is 0 Å². The van der Waals surface area contributed by atoms with Crippen molar-refractivity contribution in [1.29, 1.82) is 0 Å². The van der Waals surface area contributed by atoms with Gasteiger partial charge in [-0.1, -0.05) is 17.7 Å². The molecule has 7 nitrogen and oxygen atoms in total. The molecule has 1 aromatic heterocycles. The molecule has 0 saturated heterocycles. The fraction of sp³-hybridized carbons (Fsp3) is 0.375. The Kier molecular flexibility index (Phi) is 8.07. The van der Waals surface area contributed by atoms with Crippen molar-refractivity contribution >= 4 is 17.6 Å². The van der Waals surface area contributed by atoms with Gasteiger partial charge in [0.1, 0.15) is 6.61 Å². The van der Waals surface area contributed by atoms with E-state index in [9.17, 15) is 22.8 Å².